The second-order valence-corrected chi connectivity index (χ2v) is 10.4. The molecule has 2 heterocycles. The van der Waals surface area contributed by atoms with Gasteiger partial charge < -0.3 is 15.4 Å². The van der Waals surface area contributed by atoms with Crippen molar-refractivity contribution in [2.24, 2.45) is 5.92 Å². The average Bonchev–Trinajstić information content (AvgIpc) is 2.76. The molecule has 0 radical (unpaired) electrons. The highest BCUT2D eigenvalue weighted by molar-refractivity contribution is 7.89. The van der Waals surface area contributed by atoms with Gasteiger partial charge in [0.15, 0.2) is 6.10 Å². The van der Waals surface area contributed by atoms with Crippen molar-refractivity contribution in [1.82, 2.24) is 4.31 Å². The van der Waals surface area contributed by atoms with Gasteiger partial charge >= 0.3 is 0 Å². The van der Waals surface area contributed by atoms with Crippen LogP contribution in [-0.4, -0.2) is 43.7 Å². The van der Waals surface area contributed by atoms with Crippen LogP contribution >= 0.6 is 11.6 Å². The fraction of sp³-hybridized carbons (Fsp3) is 0.364. The first-order valence-electron chi connectivity index (χ1n) is 10.3. The molecule has 0 aromatic heterocycles. The monoisotopic (exact) mass is 477 g/mol. The number of halogens is 1. The summed E-state index contributed by atoms with van der Waals surface area (Å²) in [4.78, 5) is 24.7. The zero-order valence-electron chi connectivity index (χ0n) is 17.7. The molecule has 2 aliphatic heterocycles. The Bertz CT molecular complexity index is 1170. The number of ether oxygens (including phenoxy) is 1. The molecule has 0 bridgehead atoms. The van der Waals surface area contributed by atoms with E-state index < -0.39 is 22.0 Å². The number of rotatable bonds is 4. The highest BCUT2D eigenvalue weighted by Crippen LogP contribution is 2.36. The molecule has 2 atom stereocenters. The minimum atomic E-state index is -3.86. The quantitative estimate of drug-likeness (QED) is 0.702. The van der Waals surface area contributed by atoms with Crippen molar-refractivity contribution >= 4 is 44.8 Å². The van der Waals surface area contributed by atoms with Crippen LogP contribution in [0.25, 0.3) is 0 Å². The summed E-state index contributed by atoms with van der Waals surface area (Å²) < 4.78 is 33.8. The summed E-state index contributed by atoms with van der Waals surface area (Å²) in [6.45, 7) is 3.69. The molecular formula is C22H24ClN3O5S. The number of anilines is 2. The third-order valence-electron chi connectivity index (χ3n) is 5.69. The fourth-order valence-electron chi connectivity index (χ4n) is 3.91. The summed E-state index contributed by atoms with van der Waals surface area (Å²) in [5, 5.41) is 6.12. The maximum absolute atomic E-state index is 13.4. The van der Waals surface area contributed by atoms with Crippen LogP contribution < -0.4 is 15.4 Å². The van der Waals surface area contributed by atoms with Crippen molar-refractivity contribution in [3.8, 4) is 5.75 Å². The van der Waals surface area contributed by atoms with E-state index in [1.165, 1.54) is 10.4 Å². The minimum Gasteiger partial charge on any atom is -0.479 e. The first-order chi connectivity index (χ1) is 15.1. The lowest BCUT2D eigenvalue weighted by Crippen LogP contribution is -2.44. The summed E-state index contributed by atoms with van der Waals surface area (Å²) in [6.07, 6.45) is 0.462. The van der Waals surface area contributed by atoms with E-state index in [4.69, 9.17) is 16.3 Å². The Kier molecular flexibility index (Phi) is 6.15. The number of nitrogens with zero attached hydrogens (tertiary/aromatic N) is 1. The van der Waals surface area contributed by atoms with E-state index in [0.717, 1.165) is 0 Å². The molecule has 0 aliphatic carbocycles. The smallest absolute Gasteiger partial charge is 0.265 e. The Morgan fingerprint density at radius 1 is 1.25 bits per heavy atom. The highest BCUT2D eigenvalue weighted by Gasteiger charge is 2.35. The maximum Gasteiger partial charge on any atom is 0.265 e. The summed E-state index contributed by atoms with van der Waals surface area (Å²) in [5.41, 5.74) is 1.55. The summed E-state index contributed by atoms with van der Waals surface area (Å²) >= 11 is 5.88. The van der Waals surface area contributed by atoms with Gasteiger partial charge in [-0.2, -0.15) is 4.31 Å². The molecule has 8 nitrogen and oxygen atoms in total. The first kappa shape index (κ1) is 22.6. The van der Waals surface area contributed by atoms with Gasteiger partial charge in [0.2, 0.25) is 15.9 Å². The number of aryl methyl sites for hydroxylation is 1. The fourth-order valence-corrected chi connectivity index (χ4v) is 5.78. The van der Waals surface area contributed by atoms with Crippen LogP contribution in [0.15, 0.2) is 41.3 Å². The van der Waals surface area contributed by atoms with E-state index in [9.17, 15) is 18.0 Å². The lowest BCUT2D eigenvalue weighted by Gasteiger charge is -2.32. The third kappa shape index (κ3) is 4.46. The maximum atomic E-state index is 13.4. The molecule has 2 amide bonds. The number of carbonyl (C=O) groups excluding carboxylic acids is 2. The van der Waals surface area contributed by atoms with Crippen LogP contribution in [0, 0.1) is 12.8 Å². The zero-order valence-corrected chi connectivity index (χ0v) is 19.3. The van der Waals surface area contributed by atoms with Gasteiger partial charge in [-0.1, -0.05) is 11.6 Å². The van der Waals surface area contributed by atoms with Crippen LogP contribution in [0.5, 0.6) is 5.75 Å². The van der Waals surface area contributed by atoms with Gasteiger partial charge in [-0.25, -0.2) is 8.42 Å². The molecule has 2 N–H and O–H groups in total. The summed E-state index contributed by atoms with van der Waals surface area (Å²) in [5.74, 6) is -0.662. The molecule has 2 aromatic carbocycles. The van der Waals surface area contributed by atoms with Gasteiger partial charge in [-0.3, -0.25) is 9.59 Å². The Morgan fingerprint density at radius 2 is 1.97 bits per heavy atom. The largest absolute Gasteiger partial charge is 0.479 e. The number of carbonyl (C=O) groups is 2. The average molecular weight is 478 g/mol. The van der Waals surface area contributed by atoms with Gasteiger partial charge in [-0.05, 0) is 62.6 Å². The number of hydrogen-bond acceptors (Lipinski definition) is 5. The number of benzene rings is 2. The Morgan fingerprint density at radius 3 is 2.69 bits per heavy atom. The summed E-state index contributed by atoms with van der Waals surface area (Å²) in [7, 11) is -3.86. The molecule has 0 spiro atoms. The highest BCUT2D eigenvalue weighted by atomic mass is 35.5. The van der Waals surface area contributed by atoms with Crippen molar-refractivity contribution in [3.63, 3.8) is 0 Å². The molecule has 2 aliphatic rings. The number of hydrogen-bond donors (Lipinski definition) is 2. The van der Waals surface area contributed by atoms with E-state index >= 15 is 0 Å². The number of amides is 2. The number of sulfonamides is 1. The normalized spacial score (nSPS) is 21.3. The van der Waals surface area contributed by atoms with E-state index in [1.54, 1.807) is 44.2 Å². The van der Waals surface area contributed by atoms with Crippen LogP contribution in [0.3, 0.4) is 0 Å². The van der Waals surface area contributed by atoms with Gasteiger partial charge in [0.25, 0.3) is 5.91 Å². The number of fused-ring (bicyclic) bond motifs is 1. The minimum absolute atomic E-state index is 0.0896. The molecule has 2 aromatic rings. The van der Waals surface area contributed by atoms with Crippen molar-refractivity contribution in [3.05, 3.63) is 47.0 Å². The molecule has 1 saturated heterocycles. The van der Waals surface area contributed by atoms with Crippen molar-refractivity contribution in [1.29, 1.82) is 0 Å². The predicted octanol–water partition coefficient (Wildman–Crippen LogP) is 3.41. The Balaban J connectivity index is 1.54. The lowest BCUT2D eigenvalue weighted by molar-refractivity contribution is -0.123. The molecule has 32 heavy (non-hydrogen) atoms. The van der Waals surface area contributed by atoms with Gasteiger partial charge in [-0.15, -0.1) is 0 Å². The van der Waals surface area contributed by atoms with Gasteiger partial charge in [0.1, 0.15) is 5.75 Å². The first-order valence-corrected chi connectivity index (χ1v) is 12.2. The Labute approximate surface area is 191 Å². The van der Waals surface area contributed by atoms with E-state index in [2.05, 4.69) is 10.6 Å². The van der Waals surface area contributed by atoms with E-state index in [1.807, 2.05) is 0 Å². The second-order valence-electron chi connectivity index (χ2n) is 8.06. The van der Waals surface area contributed by atoms with Crippen LogP contribution in [0.2, 0.25) is 5.02 Å². The molecule has 170 valence electrons. The Hall–Kier alpha value is -2.62. The lowest BCUT2D eigenvalue weighted by atomic mass is 9.99. The van der Waals surface area contributed by atoms with E-state index in [0.29, 0.717) is 47.1 Å². The molecular weight excluding hydrogens is 454 g/mol. The van der Waals surface area contributed by atoms with Crippen molar-refractivity contribution in [2.45, 2.75) is 37.7 Å². The van der Waals surface area contributed by atoms with Gasteiger partial charge in [0, 0.05) is 29.9 Å². The topological polar surface area (TPSA) is 105 Å². The molecule has 0 unspecified atom stereocenters. The van der Waals surface area contributed by atoms with Crippen LogP contribution in [0.4, 0.5) is 11.4 Å². The molecule has 4 rings (SSSR count). The molecule has 1 fully saturated rings. The predicted molar refractivity (Wildman–Crippen MR) is 121 cm³/mol. The SMILES string of the molecule is Cc1cc2c(cc1S(=O)(=O)N1CCC[C@H](C(=O)Nc3ccc(Cl)cc3)C1)O[C@@H](C)C(=O)N2. The number of nitrogens with one attached hydrogen (secondary N) is 2. The van der Waals surface area contributed by atoms with E-state index in [-0.39, 0.29) is 23.3 Å². The van der Waals surface area contributed by atoms with Crippen LogP contribution in [0.1, 0.15) is 25.3 Å². The van der Waals surface area contributed by atoms with Gasteiger partial charge in [0.05, 0.1) is 16.5 Å². The van der Waals surface area contributed by atoms with Crippen LogP contribution in [-0.2, 0) is 19.6 Å². The summed E-state index contributed by atoms with van der Waals surface area (Å²) in [6, 6.07) is 9.81. The number of piperidine rings is 1. The zero-order chi connectivity index (χ0) is 23.0. The third-order valence-corrected chi connectivity index (χ3v) is 7.95. The standard InChI is InChI=1S/C22H24ClN3O5S/c1-13-10-18-19(31-14(2)21(27)25-18)11-20(13)32(29,30)26-9-3-4-15(12-26)22(28)24-17-7-5-16(23)6-8-17/h5-8,10-11,14-15H,3-4,9,12H2,1-2H3,(H,24,28)(H,25,27)/t14-,15-/m0/s1. The molecule has 10 heteroatoms. The van der Waals surface area contributed by atoms with Crippen molar-refractivity contribution in [2.75, 3.05) is 23.7 Å². The second kappa shape index (κ2) is 8.73. The molecule has 0 saturated carbocycles. The van der Waals surface area contributed by atoms with Crippen molar-refractivity contribution < 1.29 is 22.7 Å².